The Hall–Kier alpha value is -1.27. The van der Waals surface area contributed by atoms with Gasteiger partial charge >= 0.3 is 5.97 Å². The molecule has 0 saturated carbocycles. The zero-order valence-corrected chi connectivity index (χ0v) is 12.2. The van der Waals surface area contributed by atoms with E-state index in [-0.39, 0.29) is 16.0 Å². The number of amides is 1. The summed E-state index contributed by atoms with van der Waals surface area (Å²) >= 11 is 7.17. The van der Waals surface area contributed by atoms with Crippen molar-refractivity contribution in [3.63, 3.8) is 0 Å². The van der Waals surface area contributed by atoms with Crippen LogP contribution in [-0.2, 0) is 4.79 Å². The van der Waals surface area contributed by atoms with Gasteiger partial charge < -0.3 is 10.0 Å². The first-order valence-electron chi connectivity index (χ1n) is 6.07. The molecule has 0 aliphatic carbocycles. The van der Waals surface area contributed by atoms with E-state index < -0.39 is 23.7 Å². The summed E-state index contributed by atoms with van der Waals surface area (Å²) in [6.07, 6.45) is 0.600. The largest absolute Gasteiger partial charge is 0.480 e. The maximum atomic E-state index is 13.8. The molecule has 0 bridgehead atoms. The monoisotopic (exact) mass is 317 g/mol. The van der Waals surface area contributed by atoms with Crippen molar-refractivity contribution in [3.8, 4) is 0 Å². The molecule has 1 fully saturated rings. The third-order valence-corrected chi connectivity index (χ3v) is 4.81. The van der Waals surface area contributed by atoms with Crippen LogP contribution >= 0.6 is 23.4 Å². The third kappa shape index (κ3) is 2.76. The lowest BCUT2D eigenvalue weighted by molar-refractivity contribution is -0.141. The first-order valence-corrected chi connectivity index (χ1v) is 7.50. The number of benzene rings is 1. The highest BCUT2D eigenvalue weighted by molar-refractivity contribution is 8.00. The number of carboxylic acid groups (broad SMARTS) is 1. The Labute approximate surface area is 124 Å². The van der Waals surface area contributed by atoms with Gasteiger partial charge in [-0.3, -0.25) is 4.79 Å². The van der Waals surface area contributed by atoms with Crippen LogP contribution in [0.25, 0.3) is 0 Å². The average Bonchev–Trinajstić information content (AvgIpc) is 2.84. The Morgan fingerprint density at radius 1 is 1.55 bits per heavy atom. The average molecular weight is 318 g/mol. The molecule has 2 atom stereocenters. The van der Waals surface area contributed by atoms with Gasteiger partial charge in [-0.2, -0.15) is 0 Å². The minimum absolute atomic E-state index is 0.190. The summed E-state index contributed by atoms with van der Waals surface area (Å²) in [4.78, 5) is 24.9. The van der Waals surface area contributed by atoms with E-state index in [0.717, 1.165) is 6.07 Å². The molecule has 1 aliphatic heterocycles. The molecule has 20 heavy (non-hydrogen) atoms. The van der Waals surface area contributed by atoms with Crippen LogP contribution in [-0.4, -0.2) is 39.1 Å². The fraction of sp³-hybridized carbons (Fsp3) is 0.385. The summed E-state index contributed by atoms with van der Waals surface area (Å²) in [5.74, 6) is -2.10. The number of hydrogen-bond acceptors (Lipinski definition) is 3. The number of halogens is 2. The topological polar surface area (TPSA) is 57.6 Å². The van der Waals surface area contributed by atoms with Crippen molar-refractivity contribution in [3.05, 3.63) is 34.6 Å². The SMILES string of the molecule is CCC1SCC(C(=O)O)N1C(=O)c1cc(Cl)ccc1F. The number of hydrogen-bond donors (Lipinski definition) is 1. The van der Waals surface area contributed by atoms with E-state index in [1.54, 1.807) is 0 Å². The fourth-order valence-electron chi connectivity index (χ4n) is 2.14. The Bertz CT molecular complexity index is 554. The van der Waals surface area contributed by atoms with Crippen LogP contribution in [0.15, 0.2) is 18.2 Å². The quantitative estimate of drug-likeness (QED) is 0.931. The van der Waals surface area contributed by atoms with E-state index in [9.17, 15) is 19.1 Å². The molecule has 0 aromatic heterocycles. The van der Waals surface area contributed by atoms with Gasteiger partial charge in [0.25, 0.3) is 5.91 Å². The van der Waals surface area contributed by atoms with Gasteiger partial charge in [0, 0.05) is 10.8 Å². The van der Waals surface area contributed by atoms with Gasteiger partial charge in [-0.25, -0.2) is 9.18 Å². The van der Waals surface area contributed by atoms with Gasteiger partial charge in [0.05, 0.1) is 10.9 Å². The number of aliphatic carboxylic acids is 1. The van der Waals surface area contributed by atoms with Crippen LogP contribution in [0.4, 0.5) is 4.39 Å². The van der Waals surface area contributed by atoms with Gasteiger partial charge in [0.15, 0.2) is 0 Å². The molecule has 2 rings (SSSR count). The zero-order valence-electron chi connectivity index (χ0n) is 10.7. The normalized spacial score (nSPS) is 22.1. The van der Waals surface area contributed by atoms with Crippen molar-refractivity contribution >= 4 is 35.2 Å². The Morgan fingerprint density at radius 3 is 2.85 bits per heavy atom. The standard InChI is InChI=1S/C13H13ClFNO3S/c1-2-11-16(10(6-20-11)13(18)19)12(17)8-5-7(14)3-4-9(8)15/h3-5,10-11H,2,6H2,1H3,(H,18,19). The predicted molar refractivity (Wildman–Crippen MR) is 75.5 cm³/mol. The van der Waals surface area contributed by atoms with Gasteiger partial charge in [-0.1, -0.05) is 18.5 Å². The van der Waals surface area contributed by atoms with E-state index in [1.807, 2.05) is 6.92 Å². The molecule has 1 N–H and O–H groups in total. The number of carboxylic acids is 1. The molecule has 2 unspecified atom stereocenters. The zero-order chi connectivity index (χ0) is 14.9. The summed E-state index contributed by atoms with van der Waals surface area (Å²) in [6, 6.07) is 2.75. The summed E-state index contributed by atoms with van der Waals surface area (Å²) in [5.41, 5.74) is -0.190. The van der Waals surface area contributed by atoms with Gasteiger partial charge in [0.2, 0.25) is 0 Å². The fourth-order valence-corrected chi connectivity index (χ4v) is 3.66. The Kier molecular flexibility index (Phi) is 4.55. The van der Waals surface area contributed by atoms with Crippen molar-refractivity contribution in [2.24, 2.45) is 0 Å². The molecule has 1 heterocycles. The minimum Gasteiger partial charge on any atom is -0.480 e. The second-order valence-corrected chi connectivity index (χ2v) is 6.03. The van der Waals surface area contributed by atoms with Gasteiger partial charge in [-0.15, -0.1) is 11.8 Å². The highest BCUT2D eigenvalue weighted by atomic mass is 35.5. The van der Waals surface area contributed by atoms with Crippen LogP contribution in [0.3, 0.4) is 0 Å². The molecular formula is C13H13ClFNO3S. The molecule has 7 heteroatoms. The van der Waals surface area contributed by atoms with Crippen LogP contribution in [0.5, 0.6) is 0 Å². The van der Waals surface area contributed by atoms with E-state index in [2.05, 4.69) is 0 Å². The summed E-state index contributed by atoms with van der Waals surface area (Å²) in [7, 11) is 0. The number of carbonyl (C=O) groups is 2. The van der Waals surface area contributed by atoms with Gasteiger partial charge in [-0.05, 0) is 24.6 Å². The number of nitrogens with zero attached hydrogens (tertiary/aromatic N) is 1. The molecule has 0 radical (unpaired) electrons. The second-order valence-electron chi connectivity index (χ2n) is 4.39. The van der Waals surface area contributed by atoms with E-state index in [4.69, 9.17) is 11.6 Å². The second kappa shape index (κ2) is 6.01. The Morgan fingerprint density at radius 2 is 2.25 bits per heavy atom. The summed E-state index contributed by atoms with van der Waals surface area (Å²) < 4.78 is 13.8. The van der Waals surface area contributed by atoms with Crippen LogP contribution in [0.1, 0.15) is 23.7 Å². The third-order valence-electron chi connectivity index (χ3n) is 3.12. The lowest BCUT2D eigenvalue weighted by Crippen LogP contribution is -2.45. The molecule has 0 spiro atoms. The minimum atomic E-state index is -1.08. The van der Waals surface area contributed by atoms with Crippen LogP contribution in [0.2, 0.25) is 5.02 Å². The Balaban J connectivity index is 2.38. The van der Waals surface area contributed by atoms with Crippen molar-refractivity contribution in [1.82, 2.24) is 4.90 Å². The van der Waals surface area contributed by atoms with E-state index >= 15 is 0 Å². The summed E-state index contributed by atoms with van der Waals surface area (Å²) in [6.45, 7) is 1.86. The molecule has 108 valence electrons. The van der Waals surface area contributed by atoms with Crippen LogP contribution < -0.4 is 0 Å². The van der Waals surface area contributed by atoms with Crippen molar-refractivity contribution in [2.75, 3.05) is 5.75 Å². The maximum Gasteiger partial charge on any atom is 0.327 e. The molecular weight excluding hydrogens is 305 g/mol. The summed E-state index contributed by atoms with van der Waals surface area (Å²) in [5, 5.41) is 9.17. The molecule has 1 aromatic carbocycles. The first kappa shape index (κ1) is 15.1. The number of thioether (sulfide) groups is 1. The van der Waals surface area contributed by atoms with Crippen LogP contribution in [0, 0.1) is 5.82 Å². The lowest BCUT2D eigenvalue weighted by Gasteiger charge is -2.26. The number of rotatable bonds is 3. The molecule has 1 saturated heterocycles. The maximum absolute atomic E-state index is 13.8. The van der Waals surface area contributed by atoms with Crippen molar-refractivity contribution in [1.29, 1.82) is 0 Å². The highest BCUT2D eigenvalue weighted by Gasteiger charge is 2.41. The van der Waals surface area contributed by atoms with Gasteiger partial charge in [0.1, 0.15) is 11.9 Å². The van der Waals surface area contributed by atoms with E-state index in [0.29, 0.717) is 12.2 Å². The highest BCUT2D eigenvalue weighted by Crippen LogP contribution is 2.33. The molecule has 4 nitrogen and oxygen atoms in total. The lowest BCUT2D eigenvalue weighted by atomic mass is 10.1. The first-order chi connectivity index (χ1) is 9.45. The molecule has 1 aliphatic rings. The van der Waals surface area contributed by atoms with E-state index in [1.165, 1.54) is 28.8 Å². The molecule has 1 aromatic rings. The number of carbonyl (C=O) groups excluding carboxylic acids is 1. The predicted octanol–water partition coefficient (Wildman–Crippen LogP) is 2.86. The smallest absolute Gasteiger partial charge is 0.327 e. The van der Waals surface area contributed by atoms with Crippen molar-refractivity contribution in [2.45, 2.75) is 24.8 Å². The molecule has 1 amide bonds. The van der Waals surface area contributed by atoms with Crippen molar-refractivity contribution < 1.29 is 19.1 Å².